The first-order chi connectivity index (χ1) is 11.7. The third-order valence-corrected chi connectivity index (χ3v) is 4.70. The molecule has 2 aromatic rings. The van der Waals surface area contributed by atoms with Gasteiger partial charge in [0.05, 0.1) is 28.6 Å². The highest BCUT2D eigenvalue weighted by Crippen LogP contribution is 2.31. The molecule has 0 bridgehead atoms. The predicted octanol–water partition coefficient (Wildman–Crippen LogP) is 1.42. The summed E-state index contributed by atoms with van der Waals surface area (Å²) < 4.78 is 31.7. The molecule has 11 heteroatoms. The molecule has 0 saturated carbocycles. The number of hydrogen-bond acceptors (Lipinski definition) is 7. The van der Waals surface area contributed by atoms with Crippen LogP contribution in [0.5, 0.6) is 5.75 Å². The first-order valence-corrected chi connectivity index (χ1v) is 8.38. The van der Waals surface area contributed by atoms with Crippen LogP contribution in [-0.2, 0) is 10.0 Å². The lowest BCUT2D eigenvalue weighted by atomic mass is 10.2. The van der Waals surface area contributed by atoms with Gasteiger partial charge < -0.3 is 14.6 Å². The second-order valence-electron chi connectivity index (χ2n) is 4.67. The molecule has 2 rings (SSSR count). The molecule has 0 saturated heterocycles. The number of nitro benzene ring substituents is 1. The first-order valence-electron chi connectivity index (χ1n) is 6.52. The maximum atomic E-state index is 12.4. The lowest BCUT2D eigenvalue weighted by Crippen LogP contribution is -2.25. The molecule has 132 valence electrons. The van der Waals surface area contributed by atoms with Crippen LogP contribution in [0, 0.1) is 10.1 Å². The lowest BCUT2D eigenvalue weighted by Gasteiger charge is -2.14. The number of halogens is 1. The molecule has 0 spiro atoms. The van der Waals surface area contributed by atoms with E-state index in [0.29, 0.717) is 0 Å². The number of benzene rings is 2. The van der Waals surface area contributed by atoms with Crippen LogP contribution in [-0.4, -0.2) is 26.4 Å². The molecular weight excluding hydrogens is 376 g/mol. The summed E-state index contributed by atoms with van der Waals surface area (Å²) in [5.74, 6) is -1.74. The average Bonchev–Trinajstić information content (AvgIpc) is 2.53. The highest BCUT2D eigenvalue weighted by Gasteiger charge is 2.23. The summed E-state index contributed by atoms with van der Waals surface area (Å²) in [5.41, 5.74) is -1.32. The number of nitrogens with one attached hydrogen (secondary N) is 1. The molecule has 0 unspecified atom stereocenters. The third-order valence-electron chi connectivity index (χ3n) is 3.10. The zero-order chi connectivity index (χ0) is 18.8. The number of methoxy groups -OCH3 is 1. The SMILES string of the molecule is COc1ccc(S(=O)(=O)Nc2cc(Cl)ccc2C(=O)[O-])cc1[N+](=O)[O-]. The minimum atomic E-state index is -4.33. The van der Waals surface area contributed by atoms with Gasteiger partial charge in [-0.15, -0.1) is 0 Å². The largest absolute Gasteiger partial charge is 0.545 e. The monoisotopic (exact) mass is 385 g/mol. The second-order valence-corrected chi connectivity index (χ2v) is 6.79. The molecule has 0 aromatic heterocycles. The Bertz CT molecular complexity index is 960. The van der Waals surface area contributed by atoms with Crippen LogP contribution in [0.2, 0.25) is 5.02 Å². The number of ether oxygens (including phenoxy) is 1. The maximum Gasteiger partial charge on any atom is 0.312 e. The molecule has 9 nitrogen and oxygen atoms in total. The second kappa shape index (κ2) is 6.95. The minimum Gasteiger partial charge on any atom is -0.545 e. The van der Waals surface area contributed by atoms with E-state index >= 15 is 0 Å². The number of carbonyl (C=O) groups is 1. The van der Waals surface area contributed by atoms with Gasteiger partial charge in [0, 0.05) is 16.7 Å². The first kappa shape index (κ1) is 18.5. The van der Waals surface area contributed by atoms with Crippen molar-refractivity contribution in [2.75, 3.05) is 11.8 Å². The molecule has 1 N–H and O–H groups in total. The third kappa shape index (κ3) is 3.98. The summed E-state index contributed by atoms with van der Waals surface area (Å²) in [4.78, 5) is 20.8. The number of nitrogens with zero attached hydrogens (tertiary/aromatic N) is 1. The minimum absolute atomic E-state index is 0.0865. The van der Waals surface area contributed by atoms with Crippen LogP contribution in [0.25, 0.3) is 0 Å². The number of rotatable bonds is 6. The van der Waals surface area contributed by atoms with Gasteiger partial charge in [-0.05, 0) is 30.3 Å². The van der Waals surface area contributed by atoms with E-state index in [-0.39, 0.29) is 16.5 Å². The summed E-state index contributed by atoms with van der Waals surface area (Å²) in [6.07, 6.45) is 0. The molecule has 0 aliphatic heterocycles. The van der Waals surface area contributed by atoms with E-state index < -0.39 is 37.1 Å². The van der Waals surface area contributed by atoms with Crippen molar-refractivity contribution in [1.82, 2.24) is 0 Å². The zero-order valence-corrected chi connectivity index (χ0v) is 14.1. The van der Waals surface area contributed by atoms with E-state index in [1.54, 1.807) is 0 Å². The highest BCUT2D eigenvalue weighted by molar-refractivity contribution is 7.92. The smallest absolute Gasteiger partial charge is 0.312 e. The van der Waals surface area contributed by atoms with Gasteiger partial charge in [-0.2, -0.15) is 0 Å². The molecule has 25 heavy (non-hydrogen) atoms. The molecule has 0 amide bonds. The molecule has 0 radical (unpaired) electrons. The Hall–Kier alpha value is -2.85. The van der Waals surface area contributed by atoms with Gasteiger partial charge in [0.1, 0.15) is 0 Å². The van der Waals surface area contributed by atoms with Crippen molar-refractivity contribution >= 4 is 39.0 Å². The summed E-state index contributed by atoms with van der Waals surface area (Å²) in [6, 6.07) is 6.41. The Morgan fingerprint density at radius 2 is 1.92 bits per heavy atom. The van der Waals surface area contributed by atoms with Crippen LogP contribution in [0.3, 0.4) is 0 Å². The molecule has 0 atom stereocenters. The number of carboxylic acid groups (broad SMARTS) is 1. The molecule has 0 heterocycles. The van der Waals surface area contributed by atoms with E-state index in [2.05, 4.69) is 0 Å². The molecule has 0 fully saturated rings. The van der Waals surface area contributed by atoms with Gasteiger partial charge in [0.2, 0.25) is 0 Å². The van der Waals surface area contributed by atoms with Gasteiger partial charge in [-0.3, -0.25) is 14.8 Å². The fraction of sp³-hybridized carbons (Fsp3) is 0.0714. The number of sulfonamides is 1. The molecule has 0 aliphatic rings. The molecular formula is C14H10ClN2O7S-. The normalized spacial score (nSPS) is 11.0. The highest BCUT2D eigenvalue weighted by atomic mass is 35.5. The Kier molecular flexibility index (Phi) is 5.14. The van der Waals surface area contributed by atoms with Gasteiger partial charge >= 0.3 is 5.69 Å². The van der Waals surface area contributed by atoms with Gasteiger partial charge in [0.25, 0.3) is 10.0 Å². The van der Waals surface area contributed by atoms with E-state index in [1.165, 1.54) is 13.2 Å². The Labute approximate surface area is 147 Å². The zero-order valence-electron chi connectivity index (χ0n) is 12.6. The lowest BCUT2D eigenvalue weighted by molar-refractivity contribution is -0.386. The summed E-state index contributed by atoms with van der Waals surface area (Å²) in [5, 5.41) is 22.2. The summed E-state index contributed by atoms with van der Waals surface area (Å²) in [6.45, 7) is 0. The number of aromatic carboxylic acids is 1. The molecule has 2 aromatic carbocycles. The fourth-order valence-electron chi connectivity index (χ4n) is 1.96. The van der Waals surface area contributed by atoms with Crippen molar-refractivity contribution in [3.63, 3.8) is 0 Å². The van der Waals surface area contributed by atoms with Crippen molar-refractivity contribution in [3.05, 3.63) is 57.1 Å². The van der Waals surface area contributed by atoms with Crippen molar-refractivity contribution in [2.45, 2.75) is 4.90 Å². The summed E-state index contributed by atoms with van der Waals surface area (Å²) >= 11 is 5.75. The van der Waals surface area contributed by atoms with Gasteiger partial charge in [0.15, 0.2) is 5.75 Å². The van der Waals surface area contributed by atoms with E-state index in [4.69, 9.17) is 16.3 Å². The van der Waals surface area contributed by atoms with E-state index in [9.17, 15) is 28.4 Å². The van der Waals surface area contributed by atoms with Crippen molar-refractivity contribution in [2.24, 2.45) is 0 Å². The van der Waals surface area contributed by atoms with Crippen molar-refractivity contribution in [1.29, 1.82) is 0 Å². The Balaban J connectivity index is 2.51. The Morgan fingerprint density at radius 1 is 1.24 bits per heavy atom. The van der Waals surface area contributed by atoms with Crippen LogP contribution >= 0.6 is 11.6 Å². The standard InChI is InChI=1S/C14H11ClN2O7S/c1-24-13-5-3-9(7-12(13)17(20)21)25(22,23)16-11-6-8(15)2-4-10(11)14(18)19/h2-7,16H,1H3,(H,18,19)/p-1. The predicted molar refractivity (Wildman–Crippen MR) is 86.2 cm³/mol. The Morgan fingerprint density at radius 3 is 2.48 bits per heavy atom. The van der Waals surface area contributed by atoms with Crippen LogP contribution < -0.4 is 14.6 Å². The number of hydrogen-bond donors (Lipinski definition) is 1. The van der Waals surface area contributed by atoms with E-state index in [1.807, 2.05) is 4.72 Å². The summed E-state index contributed by atoms with van der Waals surface area (Å²) in [7, 11) is -3.13. The fourth-order valence-corrected chi connectivity index (χ4v) is 3.22. The van der Waals surface area contributed by atoms with Crippen molar-refractivity contribution < 1.29 is 28.0 Å². The van der Waals surface area contributed by atoms with Gasteiger partial charge in [-0.1, -0.05) is 11.6 Å². The molecule has 0 aliphatic carbocycles. The van der Waals surface area contributed by atoms with Crippen LogP contribution in [0.1, 0.15) is 10.4 Å². The maximum absolute atomic E-state index is 12.4. The average molecular weight is 386 g/mol. The quantitative estimate of drug-likeness (QED) is 0.585. The number of carboxylic acids is 1. The van der Waals surface area contributed by atoms with Gasteiger partial charge in [-0.25, -0.2) is 8.42 Å². The van der Waals surface area contributed by atoms with Crippen molar-refractivity contribution in [3.8, 4) is 5.75 Å². The topological polar surface area (TPSA) is 139 Å². The van der Waals surface area contributed by atoms with Crippen LogP contribution in [0.4, 0.5) is 11.4 Å². The van der Waals surface area contributed by atoms with Crippen LogP contribution in [0.15, 0.2) is 41.3 Å². The number of anilines is 1. The number of nitro groups is 1. The van der Waals surface area contributed by atoms with E-state index in [0.717, 1.165) is 30.3 Å². The number of carbonyl (C=O) groups excluding carboxylic acids is 1.